The van der Waals surface area contributed by atoms with E-state index < -0.39 is 0 Å². The van der Waals surface area contributed by atoms with E-state index >= 15 is 0 Å². The number of hydrogen-bond donors (Lipinski definition) is 3. The van der Waals surface area contributed by atoms with Crippen LogP contribution in [0.1, 0.15) is 5.82 Å². The predicted octanol–water partition coefficient (Wildman–Crippen LogP) is 1.80. The minimum absolute atomic E-state index is 0.292. The molecule has 8 heteroatoms. The molecule has 0 aliphatic heterocycles. The number of carbonyl (C=O) groups excluding carboxylic acids is 1. The molecule has 0 atom stereocenters. The Morgan fingerprint density at radius 2 is 2.32 bits per heavy atom. The van der Waals surface area contributed by atoms with Crippen molar-refractivity contribution < 1.29 is 9.18 Å². The monoisotopic (exact) mass is 302 g/mol. The molecule has 0 aliphatic carbocycles. The molecule has 0 radical (unpaired) electrons. The van der Waals surface area contributed by atoms with E-state index in [4.69, 9.17) is 0 Å². The molecule has 0 fully saturated rings. The van der Waals surface area contributed by atoms with Crippen LogP contribution in [0.3, 0.4) is 0 Å². The zero-order chi connectivity index (χ0) is 15.5. The maximum atomic E-state index is 13.3. The highest BCUT2D eigenvalue weighted by Gasteiger charge is 2.09. The van der Waals surface area contributed by atoms with Gasteiger partial charge in [0.05, 0.1) is 22.9 Å². The lowest BCUT2D eigenvalue weighted by atomic mass is 10.3. The summed E-state index contributed by atoms with van der Waals surface area (Å²) in [6.07, 6.45) is 3.64. The van der Waals surface area contributed by atoms with Crippen LogP contribution in [-0.4, -0.2) is 32.3 Å². The van der Waals surface area contributed by atoms with Crippen LogP contribution in [0, 0.1) is 5.82 Å². The topological polar surface area (TPSA) is 87.6 Å². The van der Waals surface area contributed by atoms with Gasteiger partial charge in [0.2, 0.25) is 0 Å². The lowest BCUT2D eigenvalue weighted by Gasteiger charge is -2.06. The van der Waals surface area contributed by atoms with Crippen LogP contribution in [0.25, 0.3) is 11.0 Å². The Bertz CT molecular complexity index is 795. The van der Waals surface area contributed by atoms with Crippen LogP contribution in [0.5, 0.6) is 0 Å². The van der Waals surface area contributed by atoms with Crippen LogP contribution in [0.15, 0.2) is 30.6 Å². The second-order valence-corrected chi connectivity index (χ2v) is 4.84. The Labute approximate surface area is 125 Å². The predicted molar refractivity (Wildman–Crippen MR) is 80.0 cm³/mol. The molecule has 0 unspecified atom stereocenters. The number of anilines is 1. The summed E-state index contributed by atoms with van der Waals surface area (Å²) in [5, 5.41) is 11.7. The van der Waals surface area contributed by atoms with Crippen molar-refractivity contribution >= 4 is 22.8 Å². The third kappa shape index (κ3) is 2.90. The first-order valence-corrected chi connectivity index (χ1v) is 6.78. The molecule has 0 aliphatic rings. The van der Waals surface area contributed by atoms with Gasteiger partial charge in [-0.15, -0.1) is 0 Å². The molecule has 22 heavy (non-hydrogen) atoms. The van der Waals surface area contributed by atoms with E-state index in [1.54, 1.807) is 12.3 Å². The zero-order valence-electron chi connectivity index (χ0n) is 11.9. The molecule has 0 spiro atoms. The van der Waals surface area contributed by atoms with Crippen molar-refractivity contribution in [3.63, 3.8) is 0 Å². The third-order valence-corrected chi connectivity index (χ3v) is 3.33. The van der Waals surface area contributed by atoms with Gasteiger partial charge in [-0.3, -0.25) is 5.10 Å². The van der Waals surface area contributed by atoms with Crippen LogP contribution >= 0.6 is 0 Å². The van der Waals surface area contributed by atoms with Gasteiger partial charge < -0.3 is 15.2 Å². The van der Waals surface area contributed by atoms with Crippen LogP contribution in [-0.2, 0) is 13.5 Å². The SMILES string of the molecule is Cn1c(CCNC(=O)Nc2cn[nH]c2)nc2ccc(F)cc21. The van der Waals surface area contributed by atoms with Gasteiger partial charge in [-0.1, -0.05) is 0 Å². The molecule has 3 rings (SSSR count). The summed E-state index contributed by atoms with van der Waals surface area (Å²) < 4.78 is 15.1. The molecule has 2 aromatic heterocycles. The largest absolute Gasteiger partial charge is 0.337 e. The molecule has 7 nitrogen and oxygen atoms in total. The number of amides is 2. The van der Waals surface area contributed by atoms with Crippen molar-refractivity contribution in [3.8, 4) is 0 Å². The number of nitrogens with zero attached hydrogens (tertiary/aromatic N) is 3. The summed E-state index contributed by atoms with van der Waals surface area (Å²) in [5.41, 5.74) is 2.07. The van der Waals surface area contributed by atoms with Gasteiger partial charge in [0.25, 0.3) is 0 Å². The number of aromatic nitrogens is 4. The lowest BCUT2D eigenvalue weighted by molar-refractivity contribution is 0.252. The van der Waals surface area contributed by atoms with Gasteiger partial charge in [-0.2, -0.15) is 5.10 Å². The summed E-state index contributed by atoms with van der Waals surface area (Å²) in [4.78, 5) is 16.1. The van der Waals surface area contributed by atoms with Gasteiger partial charge in [-0.05, 0) is 18.2 Å². The molecular weight excluding hydrogens is 287 g/mol. The van der Waals surface area contributed by atoms with E-state index in [0.717, 1.165) is 16.9 Å². The summed E-state index contributed by atoms with van der Waals surface area (Å²) in [5.74, 6) is 0.490. The number of aryl methyl sites for hydroxylation is 1. The fourth-order valence-electron chi connectivity index (χ4n) is 2.22. The van der Waals surface area contributed by atoms with Gasteiger partial charge in [0.15, 0.2) is 0 Å². The first-order chi connectivity index (χ1) is 10.6. The van der Waals surface area contributed by atoms with Gasteiger partial charge in [-0.25, -0.2) is 14.2 Å². The average molecular weight is 302 g/mol. The first-order valence-electron chi connectivity index (χ1n) is 6.78. The summed E-state index contributed by atoms with van der Waals surface area (Å²) in [6.45, 7) is 0.420. The number of nitrogens with one attached hydrogen (secondary N) is 3. The first kappa shape index (κ1) is 14.1. The Balaban J connectivity index is 1.59. The molecule has 2 heterocycles. The summed E-state index contributed by atoms with van der Waals surface area (Å²) >= 11 is 0. The molecule has 0 bridgehead atoms. The number of rotatable bonds is 4. The number of H-pyrrole nitrogens is 1. The maximum absolute atomic E-state index is 13.3. The number of halogens is 1. The van der Waals surface area contributed by atoms with Gasteiger partial charge >= 0.3 is 6.03 Å². The molecule has 3 N–H and O–H groups in total. The van der Waals surface area contributed by atoms with Crippen molar-refractivity contribution in [3.05, 3.63) is 42.2 Å². The van der Waals surface area contributed by atoms with Crippen LogP contribution in [0.4, 0.5) is 14.9 Å². The summed E-state index contributed by atoms with van der Waals surface area (Å²) in [6, 6.07) is 4.17. The average Bonchev–Trinajstić information content (AvgIpc) is 3.09. The van der Waals surface area contributed by atoms with Crippen LogP contribution in [0.2, 0.25) is 0 Å². The highest BCUT2D eigenvalue weighted by Crippen LogP contribution is 2.16. The Kier molecular flexibility index (Phi) is 3.73. The van der Waals surface area contributed by atoms with Gasteiger partial charge in [0, 0.05) is 26.2 Å². The van der Waals surface area contributed by atoms with Crippen molar-refractivity contribution in [2.45, 2.75) is 6.42 Å². The third-order valence-electron chi connectivity index (χ3n) is 3.33. The highest BCUT2D eigenvalue weighted by atomic mass is 19.1. The van der Waals surface area contributed by atoms with E-state index in [-0.39, 0.29) is 11.8 Å². The Hall–Kier alpha value is -2.90. The zero-order valence-corrected chi connectivity index (χ0v) is 11.9. The number of fused-ring (bicyclic) bond motifs is 1. The van der Waals surface area contributed by atoms with E-state index in [1.165, 1.54) is 18.3 Å². The normalized spacial score (nSPS) is 10.8. The van der Waals surface area contributed by atoms with E-state index in [1.807, 2.05) is 11.6 Å². The van der Waals surface area contributed by atoms with Gasteiger partial charge in [0.1, 0.15) is 11.6 Å². The minimum Gasteiger partial charge on any atom is -0.337 e. The molecule has 1 aromatic carbocycles. The standard InChI is InChI=1S/C14H15FN6O/c1-21-12-6-9(15)2-3-11(12)20-13(21)4-5-16-14(22)19-10-7-17-18-8-10/h2-3,6-8H,4-5H2,1H3,(H,17,18)(H2,16,19,22). The number of hydrogen-bond acceptors (Lipinski definition) is 3. The van der Waals surface area contributed by atoms with E-state index in [0.29, 0.717) is 18.7 Å². The fraction of sp³-hybridized carbons (Fsp3) is 0.214. The Morgan fingerprint density at radius 3 is 3.09 bits per heavy atom. The van der Waals surface area contributed by atoms with Crippen molar-refractivity contribution in [1.29, 1.82) is 0 Å². The van der Waals surface area contributed by atoms with Crippen molar-refractivity contribution in [2.24, 2.45) is 7.05 Å². The van der Waals surface area contributed by atoms with E-state index in [9.17, 15) is 9.18 Å². The lowest BCUT2D eigenvalue weighted by Crippen LogP contribution is -2.30. The van der Waals surface area contributed by atoms with Crippen LogP contribution < -0.4 is 10.6 Å². The van der Waals surface area contributed by atoms with Crippen molar-refractivity contribution in [1.82, 2.24) is 25.1 Å². The number of benzene rings is 1. The smallest absolute Gasteiger partial charge is 0.319 e. The molecular formula is C14H15FN6O. The second-order valence-electron chi connectivity index (χ2n) is 4.84. The molecule has 3 aromatic rings. The number of aromatic amines is 1. The number of imidazole rings is 1. The highest BCUT2D eigenvalue weighted by molar-refractivity contribution is 5.88. The Morgan fingerprint density at radius 1 is 1.45 bits per heavy atom. The summed E-state index contributed by atoms with van der Waals surface area (Å²) in [7, 11) is 1.83. The van der Waals surface area contributed by atoms with Crippen molar-refractivity contribution in [2.75, 3.05) is 11.9 Å². The number of carbonyl (C=O) groups is 1. The molecule has 2 amide bonds. The maximum Gasteiger partial charge on any atom is 0.319 e. The van der Waals surface area contributed by atoms with E-state index in [2.05, 4.69) is 25.8 Å². The molecule has 0 saturated heterocycles. The minimum atomic E-state index is -0.314. The quantitative estimate of drug-likeness (QED) is 0.686. The second kappa shape index (κ2) is 5.84. The fourth-order valence-corrected chi connectivity index (χ4v) is 2.22. The molecule has 0 saturated carbocycles. The number of urea groups is 1. The molecule has 114 valence electrons.